The van der Waals surface area contributed by atoms with Crippen molar-refractivity contribution in [2.24, 2.45) is 5.10 Å². The van der Waals surface area contributed by atoms with Crippen LogP contribution in [0.15, 0.2) is 29.4 Å². The number of carbonyl (C=O) groups excluding carboxylic acids is 2. The zero-order chi connectivity index (χ0) is 16.4. The Bertz CT molecular complexity index is 526. The number of hydrazone groups is 1. The van der Waals surface area contributed by atoms with Gasteiger partial charge in [0.25, 0.3) is 5.91 Å². The summed E-state index contributed by atoms with van der Waals surface area (Å²) in [5, 5.41) is 6.60. The van der Waals surface area contributed by atoms with Crippen LogP contribution in [-0.2, 0) is 20.9 Å². The molecule has 0 bridgehead atoms. The van der Waals surface area contributed by atoms with Gasteiger partial charge in [-0.25, -0.2) is 5.43 Å². The second-order valence-electron chi connectivity index (χ2n) is 4.62. The topological polar surface area (TPSA) is 89.0 Å². The van der Waals surface area contributed by atoms with Crippen molar-refractivity contribution in [1.82, 2.24) is 10.7 Å². The maximum Gasteiger partial charge on any atom is 0.266 e. The summed E-state index contributed by atoms with van der Waals surface area (Å²) in [7, 11) is 3.02. The summed E-state index contributed by atoms with van der Waals surface area (Å²) in [5.74, 6) is 0.239. The number of methoxy groups -OCH3 is 2. The standard InChI is InChI=1S/C15H21N3O4/c1-11(17-18-15(20)10-21-2)8-14(19)16-9-12-4-6-13(22-3)7-5-12/h4-7H,8-10H2,1-3H3,(H,16,19)(H,18,20)/b17-11-. The number of nitrogens with zero attached hydrogens (tertiary/aromatic N) is 1. The Morgan fingerprint density at radius 3 is 2.41 bits per heavy atom. The lowest BCUT2D eigenvalue weighted by molar-refractivity contribution is -0.124. The van der Waals surface area contributed by atoms with Crippen LogP contribution in [0.2, 0.25) is 0 Å². The van der Waals surface area contributed by atoms with E-state index in [-0.39, 0.29) is 24.8 Å². The number of ether oxygens (including phenoxy) is 2. The molecule has 0 spiro atoms. The zero-order valence-electron chi connectivity index (χ0n) is 13.0. The Morgan fingerprint density at radius 1 is 1.14 bits per heavy atom. The van der Waals surface area contributed by atoms with Crippen molar-refractivity contribution in [3.05, 3.63) is 29.8 Å². The van der Waals surface area contributed by atoms with E-state index in [0.29, 0.717) is 12.3 Å². The summed E-state index contributed by atoms with van der Waals surface area (Å²) in [6.07, 6.45) is 0.115. The van der Waals surface area contributed by atoms with Crippen LogP contribution in [0.3, 0.4) is 0 Å². The monoisotopic (exact) mass is 307 g/mol. The number of benzene rings is 1. The SMILES string of the molecule is COCC(=O)N/N=C(/C)CC(=O)NCc1ccc(OC)cc1. The fraction of sp³-hybridized carbons (Fsp3) is 0.400. The molecule has 1 rings (SSSR count). The van der Waals surface area contributed by atoms with Crippen LogP contribution < -0.4 is 15.5 Å². The first-order valence-electron chi connectivity index (χ1n) is 6.75. The predicted octanol–water partition coefficient (Wildman–Crippen LogP) is 0.840. The molecule has 7 nitrogen and oxygen atoms in total. The van der Waals surface area contributed by atoms with Gasteiger partial charge in [0.2, 0.25) is 5.91 Å². The molecule has 1 aromatic rings. The number of hydrogen-bond acceptors (Lipinski definition) is 5. The van der Waals surface area contributed by atoms with E-state index in [1.807, 2.05) is 24.3 Å². The predicted molar refractivity (Wildman–Crippen MR) is 82.6 cm³/mol. The van der Waals surface area contributed by atoms with Gasteiger partial charge in [0.05, 0.1) is 13.5 Å². The highest BCUT2D eigenvalue weighted by atomic mass is 16.5. The Kier molecular flexibility index (Phi) is 7.63. The molecule has 22 heavy (non-hydrogen) atoms. The molecule has 0 saturated heterocycles. The van der Waals surface area contributed by atoms with Gasteiger partial charge in [-0.2, -0.15) is 5.10 Å². The maximum absolute atomic E-state index is 11.8. The average molecular weight is 307 g/mol. The molecule has 120 valence electrons. The molecule has 0 unspecified atom stereocenters. The van der Waals surface area contributed by atoms with E-state index in [1.165, 1.54) is 7.11 Å². The molecule has 0 aliphatic carbocycles. The van der Waals surface area contributed by atoms with E-state index in [9.17, 15) is 9.59 Å². The number of nitrogens with one attached hydrogen (secondary N) is 2. The van der Waals surface area contributed by atoms with Gasteiger partial charge in [-0.05, 0) is 24.6 Å². The summed E-state index contributed by atoms with van der Waals surface area (Å²) in [6.45, 7) is 2.02. The molecule has 0 aromatic heterocycles. The number of amides is 2. The molecule has 0 heterocycles. The summed E-state index contributed by atoms with van der Waals surface area (Å²) < 4.78 is 9.72. The largest absolute Gasteiger partial charge is 0.497 e. The first kappa shape index (κ1) is 17.6. The van der Waals surface area contributed by atoms with E-state index in [4.69, 9.17) is 4.74 Å². The Balaban J connectivity index is 2.35. The van der Waals surface area contributed by atoms with Gasteiger partial charge in [-0.1, -0.05) is 12.1 Å². The van der Waals surface area contributed by atoms with Gasteiger partial charge in [0.15, 0.2) is 0 Å². The van der Waals surface area contributed by atoms with E-state index >= 15 is 0 Å². The van der Waals surface area contributed by atoms with Crippen LogP contribution in [0.1, 0.15) is 18.9 Å². The minimum Gasteiger partial charge on any atom is -0.497 e. The van der Waals surface area contributed by atoms with Crippen LogP contribution in [0, 0.1) is 0 Å². The molecule has 0 atom stereocenters. The highest BCUT2D eigenvalue weighted by Gasteiger charge is 2.05. The number of rotatable bonds is 8. The lowest BCUT2D eigenvalue weighted by Gasteiger charge is -2.06. The van der Waals surface area contributed by atoms with Crippen molar-refractivity contribution in [2.45, 2.75) is 19.9 Å². The molecule has 7 heteroatoms. The average Bonchev–Trinajstić information content (AvgIpc) is 2.52. The normalized spacial score (nSPS) is 11.0. The third kappa shape index (κ3) is 6.85. The molecule has 2 N–H and O–H groups in total. The van der Waals surface area contributed by atoms with Crippen LogP contribution >= 0.6 is 0 Å². The van der Waals surface area contributed by atoms with Gasteiger partial charge in [0.1, 0.15) is 12.4 Å². The first-order valence-corrected chi connectivity index (χ1v) is 6.75. The molecule has 0 radical (unpaired) electrons. The fourth-order valence-corrected chi connectivity index (χ4v) is 1.60. The van der Waals surface area contributed by atoms with E-state index in [2.05, 4.69) is 20.6 Å². The van der Waals surface area contributed by atoms with Crippen LogP contribution in [0.5, 0.6) is 5.75 Å². The highest BCUT2D eigenvalue weighted by molar-refractivity contribution is 6.00. The second kappa shape index (κ2) is 9.51. The minimum absolute atomic E-state index is 0.0690. The van der Waals surface area contributed by atoms with Crippen molar-refractivity contribution < 1.29 is 19.1 Å². The number of carbonyl (C=O) groups is 2. The second-order valence-corrected chi connectivity index (χ2v) is 4.62. The summed E-state index contributed by atoms with van der Waals surface area (Å²) in [5.41, 5.74) is 3.79. The Hall–Kier alpha value is -2.41. The quantitative estimate of drug-likeness (QED) is 0.550. The molecule has 1 aromatic carbocycles. The molecule has 2 amide bonds. The highest BCUT2D eigenvalue weighted by Crippen LogP contribution is 2.10. The maximum atomic E-state index is 11.8. The summed E-state index contributed by atoms with van der Waals surface area (Å²) in [6, 6.07) is 7.43. The van der Waals surface area contributed by atoms with Crippen molar-refractivity contribution in [3.63, 3.8) is 0 Å². The molecule has 0 saturated carbocycles. The van der Waals surface area contributed by atoms with Crippen molar-refractivity contribution in [2.75, 3.05) is 20.8 Å². The lowest BCUT2D eigenvalue weighted by atomic mass is 10.2. The third-order valence-corrected chi connectivity index (χ3v) is 2.71. The lowest BCUT2D eigenvalue weighted by Crippen LogP contribution is -2.27. The number of hydrogen-bond donors (Lipinski definition) is 2. The smallest absolute Gasteiger partial charge is 0.266 e. The van der Waals surface area contributed by atoms with E-state index < -0.39 is 0 Å². The first-order chi connectivity index (χ1) is 10.5. The van der Waals surface area contributed by atoms with Gasteiger partial charge in [-0.3, -0.25) is 9.59 Å². The van der Waals surface area contributed by atoms with Crippen molar-refractivity contribution in [3.8, 4) is 5.75 Å². The summed E-state index contributed by atoms with van der Waals surface area (Å²) >= 11 is 0. The van der Waals surface area contributed by atoms with E-state index in [1.54, 1.807) is 14.0 Å². The molecular weight excluding hydrogens is 286 g/mol. The van der Waals surface area contributed by atoms with Crippen molar-refractivity contribution >= 4 is 17.5 Å². The van der Waals surface area contributed by atoms with E-state index in [0.717, 1.165) is 11.3 Å². The fourth-order valence-electron chi connectivity index (χ4n) is 1.60. The third-order valence-electron chi connectivity index (χ3n) is 2.71. The van der Waals surface area contributed by atoms with Gasteiger partial charge >= 0.3 is 0 Å². The van der Waals surface area contributed by atoms with Crippen LogP contribution in [0.4, 0.5) is 0 Å². The van der Waals surface area contributed by atoms with Gasteiger partial charge < -0.3 is 14.8 Å². The van der Waals surface area contributed by atoms with Crippen LogP contribution in [-0.4, -0.2) is 38.4 Å². The zero-order valence-corrected chi connectivity index (χ0v) is 13.0. The molecule has 0 aliphatic heterocycles. The Labute approximate surface area is 129 Å². The van der Waals surface area contributed by atoms with Crippen molar-refractivity contribution in [1.29, 1.82) is 0 Å². The van der Waals surface area contributed by atoms with Gasteiger partial charge in [0, 0.05) is 19.4 Å². The van der Waals surface area contributed by atoms with Crippen LogP contribution in [0.25, 0.3) is 0 Å². The van der Waals surface area contributed by atoms with Gasteiger partial charge in [-0.15, -0.1) is 0 Å². The molecule has 0 fully saturated rings. The molecule has 0 aliphatic rings. The summed E-state index contributed by atoms with van der Waals surface area (Å²) in [4.78, 5) is 22.9. The Morgan fingerprint density at radius 2 is 1.82 bits per heavy atom. The minimum atomic E-state index is -0.361. The molecular formula is C15H21N3O4.